The normalized spacial score (nSPS) is 15.6. The number of hydrogen-bond acceptors (Lipinski definition) is 5. The van der Waals surface area contributed by atoms with Crippen LogP contribution in [0.15, 0.2) is 47.7 Å². The van der Waals surface area contributed by atoms with Crippen molar-refractivity contribution in [3.63, 3.8) is 0 Å². The van der Waals surface area contributed by atoms with Crippen molar-refractivity contribution < 1.29 is 9.53 Å². The van der Waals surface area contributed by atoms with Crippen LogP contribution in [0.2, 0.25) is 0 Å². The number of hydrogen-bond donors (Lipinski definition) is 1. The minimum Gasteiger partial charge on any atom is -0.472 e. The summed E-state index contributed by atoms with van der Waals surface area (Å²) < 4.78 is 7.72. The first kappa shape index (κ1) is 15.8. The molecule has 4 rings (SSSR count). The van der Waals surface area contributed by atoms with Crippen LogP contribution in [0, 0.1) is 0 Å². The largest absolute Gasteiger partial charge is 0.472 e. The monoisotopic (exact) mass is 400 g/mol. The molecule has 0 bridgehead atoms. The average molecular weight is 401 g/mol. The quantitative estimate of drug-likeness (QED) is 0.681. The summed E-state index contributed by atoms with van der Waals surface area (Å²) in [7, 11) is 0. The highest BCUT2D eigenvalue weighted by Crippen LogP contribution is 2.30. The van der Waals surface area contributed by atoms with E-state index in [2.05, 4.69) is 31.2 Å². The van der Waals surface area contributed by atoms with Gasteiger partial charge in [-0.05, 0) is 12.1 Å². The Balaban J connectivity index is 1.88. The van der Waals surface area contributed by atoms with Crippen molar-refractivity contribution >= 4 is 38.6 Å². The van der Waals surface area contributed by atoms with E-state index in [1.807, 2.05) is 16.7 Å². The van der Waals surface area contributed by atoms with Crippen molar-refractivity contribution in [2.45, 2.75) is 12.6 Å². The molecule has 1 atom stereocenters. The summed E-state index contributed by atoms with van der Waals surface area (Å²) in [6, 6.07) is 7.20. The standard InChI is InChI=1S/C17H13BrN4O3/c18-7-10-9-22-12-4-2-1-3-11(12)15(23)14(17(22)25-10)16(24)21-13-8-19-5-6-20-13/h1-6,8,10H,7,9H2,(H,20,21,24)/t10-/m1/s1. The second-order valence-electron chi connectivity index (χ2n) is 5.58. The molecule has 126 valence electrons. The lowest BCUT2D eigenvalue weighted by molar-refractivity contribution is 0.102. The van der Waals surface area contributed by atoms with Gasteiger partial charge >= 0.3 is 0 Å². The van der Waals surface area contributed by atoms with E-state index < -0.39 is 5.91 Å². The van der Waals surface area contributed by atoms with Crippen LogP contribution in [0.1, 0.15) is 10.4 Å². The molecule has 1 amide bonds. The number of rotatable bonds is 3. The maximum atomic E-state index is 12.9. The Labute approximate surface area is 150 Å². The molecule has 0 unspecified atom stereocenters. The van der Waals surface area contributed by atoms with Gasteiger partial charge in [-0.15, -0.1) is 0 Å². The van der Waals surface area contributed by atoms with Crippen LogP contribution in [0.4, 0.5) is 5.82 Å². The zero-order valence-corrected chi connectivity index (χ0v) is 14.6. The zero-order chi connectivity index (χ0) is 17.4. The lowest BCUT2D eigenvalue weighted by Crippen LogP contribution is -2.24. The van der Waals surface area contributed by atoms with Gasteiger partial charge in [0.15, 0.2) is 5.82 Å². The van der Waals surface area contributed by atoms with Gasteiger partial charge in [-0.25, -0.2) is 4.98 Å². The number of pyridine rings is 1. The molecule has 0 spiro atoms. The summed E-state index contributed by atoms with van der Waals surface area (Å²) in [5, 5.41) is 3.69. The van der Waals surface area contributed by atoms with E-state index in [-0.39, 0.29) is 28.8 Å². The smallest absolute Gasteiger partial charge is 0.266 e. The number of nitrogens with zero attached hydrogens (tertiary/aromatic N) is 3. The Bertz CT molecular complexity index is 1020. The van der Waals surface area contributed by atoms with Gasteiger partial charge in [0.1, 0.15) is 11.7 Å². The number of fused-ring (bicyclic) bond motifs is 3. The van der Waals surface area contributed by atoms with Crippen molar-refractivity contribution in [1.82, 2.24) is 14.5 Å². The van der Waals surface area contributed by atoms with Crippen LogP contribution in [0.5, 0.6) is 5.88 Å². The molecule has 0 fully saturated rings. The number of carbonyl (C=O) groups is 1. The van der Waals surface area contributed by atoms with Crippen molar-refractivity contribution in [2.24, 2.45) is 0 Å². The fourth-order valence-electron chi connectivity index (χ4n) is 2.90. The minimum absolute atomic E-state index is 0.0206. The molecular formula is C17H13BrN4O3. The molecule has 0 saturated heterocycles. The number of anilines is 1. The Morgan fingerprint density at radius 2 is 2.20 bits per heavy atom. The van der Waals surface area contributed by atoms with E-state index in [0.717, 1.165) is 5.52 Å². The number of nitrogens with one attached hydrogen (secondary N) is 1. The zero-order valence-electron chi connectivity index (χ0n) is 13.0. The summed E-state index contributed by atoms with van der Waals surface area (Å²) in [6.45, 7) is 0.562. The Kier molecular flexibility index (Phi) is 3.96. The molecule has 2 aromatic heterocycles. The van der Waals surface area contributed by atoms with Gasteiger partial charge in [0.2, 0.25) is 11.3 Å². The van der Waals surface area contributed by atoms with Gasteiger partial charge in [-0.3, -0.25) is 14.6 Å². The average Bonchev–Trinajstić information content (AvgIpc) is 3.07. The Morgan fingerprint density at radius 3 is 2.96 bits per heavy atom. The molecule has 1 N–H and O–H groups in total. The number of carbonyl (C=O) groups excluding carboxylic acids is 1. The summed E-state index contributed by atoms with van der Waals surface area (Å²) in [5.74, 6) is -0.00128. The number of alkyl halides is 1. The van der Waals surface area contributed by atoms with E-state index in [1.165, 1.54) is 18.6 Å². The fraction of sp³-hybridized carbons (Fsp3) is 0.176. The van der Waals surface area contributed by atoms with E-state index in [9.17, 15) is 9.59 Å². The molecule has 3 aromatic rings. The topological polar surface area (TPSA) is 86.1 Å². The van der Waals surface area contributed by atoms with Gasteiger partial charge in [0.25, 0.3) is 5.91 Å². The predicted molar refractivity (Wildman–Crippen MR) is 96.4 cm³/mol. The second kappa shape index (κ2) is 6.29. The number of aromatic nitrogens is 3. The van der Waals surface area contributed by atoms with E-state index in [4.69, 9.17) is 4.74 Å². The van der Waals surface area contributed by atoms with Crippen LogP contribution in [0.25, 0.3) is 10.9 Å². The number of ether oxygens (including phenoxy) is 1. The third-order valence-corrected chi connectivity index (χ3v) is 4.72. The third-order valence-electron chi connectivity index (χ3n) is 3.99. The summed E-state index contributed by atoms with van der Waals surface area (Å²) in [4.78, 5) is 33.6. The number of para-hydroxylation sites is 1. The van der Waals surface area contributed by atoms with Gasteiger partial charge in [-0.1, -0.05) is 28.1 Å². The molecule has 25 heavy (non-hydrogen) atoms. The van der Waals surface area contributed by atoms with Crippen LogP contribution < -0.4 is 15.5 Å². The highest BCUT2D eigenvalue weighted by atomic mass is 79.9. The first-order chi connectivity index (χ1) is 12.2. The second-order valence-corrected chi connectivity index (χ2v) is 6.22. The molecule has 3 heterocycles. The van der Waals surface area contributed by atoms with Gasteiger partial charge in [0.05, 0.1) is 18.3 Å². The van der Waals surface area contributed by atoms with Crippen LogP contribution in [-0.4, -0.2) is 31.9 Å². The summed E-state index contributed by atoms with van der Waals surface area (Å²) in [6.07, 6.45) is 4.24. The lowest BCUT2D eigenvalue weighted by Gasteiger charge is -2.12. The predicted octanol–water partition coefficient (Wildman–Crippen LogP) is 2.20. The fourth-order valence-corrected chi connectivity index (χ4v) is 3.24. The summed E-state index contributed by atoms with van der Waals surface area (Å²) in [5.41, 5.74) is 0.369. The maximum absolute atomic E-state index is 12.9. The molecule has 7 nitrogen and oxygen atoms in total. The van der Waals surface area contributed by atoms with Gasteiger partial charge < -0.3 is 14.6 Å². The maximum Gasteiger partial charge on any atom is 0.266 e. The van der Waals surface area contributed by atoms with Gasteiger partial charge in [-0.2, -0.15) is 0 Å². The SMILES string of the molecule is O=C(Nc1cnccn1)c1c2n(c3ccccc3c1=O)C[C@@H](CBr)O2. The highest BCUT2D eigenvalue weighted by molar-refractivity contribution is 9.09. The molecule has 0 saturated carbocycles. The van der Waals surface area contributed by atoms with Crippen molar-refractivity contribution in [1.29, 1.82) is 0 Å². The third kappa shape index (κ3) is 2.68. The van der Waals surface area contributed by atoms with E-state index in [0.29, 0.717) is 17.3 Å². The Hall–Kier alpha value is -2.74. The van der Waals surface area contributed by atoms with Crippen LogP contribution in [0.3, 0.4) is 0 Å². The summed E-state index contributed by atoms with van der Waals surface area (Å²) >= 11 is 3.40. The van der Waals surface area contributed by atoms with Gasteiger partial charge in [0, 0.05) is 23.1 Å². The molecular weight excluding hydrogens is 388 g/mol. The molecule has 8 heteroatoms. The number of halogens is 1. The van der Waals surface area contributed by atoms with E-state index in [1.54, 1.807) is 12.1 Å². The first-order valence-corrected chi connectivity index (χ1v) is 8.76. The first-order valence-electron chi connectivity index (χ1n) is 7.64. The van der Waals surface area contributed by atoms with Crippen molar-refractivity contribution in [2.75, 3.05) is 10.6 Å². The minimum atomic E-state index is -0.560. The van der Waals surface area contributed by atoms with Crippen molar-refractivity contribution in [3.05, 3.63) is 58.6 Å². The highest BCUT2D eigenvalue weighted by Gasteiger charge is 2.31. The number of amides is 1. The van der Waals surface area contributed by atoms with E-state index >= 15 is 0 Å². The molecule has 0 radical (unpaired) electrons. The molecule has 1 aliphatic rings. The van der Waals surface area contributed by atoms with Crippen molar-refractivity contribution in [3.8, 4) is 5.88 Å². The van der Waals surface area contributed by atoms with Crippen LogP contribution >= 0.6 is 15.9 Å². The molecule has 1 aromatic carbocycles. The Morgan fingerprint density at radius 1 is 1.36 bits per heavy atom. The molecule has 0 aliphatic carbocycles. The lowest BCUT2D eigenvalue weighted by atomic mass is 10.1. The van der Waals surface area contributed by atoms with Crippen LogP contribution in [-0.2, 0) is 6.54 Å². The number of benzene rings is 1. The molecule has 1 aliphatic heterocycles.